The van der Waals surface area contributed by atoms with E-state index in [0.29, 0.717) is 0 Å². The molecule has 0 spiro atoms. The lowest BCUT2D eigenvalue weighted by Gasteiger charge is -2.08. The predicted octanol–water partition coefficient (Wildman–Crippen LogP) is 3.36. The lowest BCUT2D eigenvalue weighted by atomic mass is 10.1. The lowest BCUT2D eigenvalue weighted by Crippen LogP contribution is -2.23. The van der Waals surface area contributed by atoms with Crippen LogP contribution in [0.25, 0.3) is 0 Å². The highest BCUT2D eigenvalue weighted by Crippen LogP contribution is 2.10. The summed E-state index contributed by atoms with van der Waals surface area (Å²) in [5, 5.41) is 3.55. The minimum atomic E-state index is 0.782. The van der Waals surface area contributed by atoms with Gasteiger partial charge < -0.3 is 10.1 Å². The van der Waals surface area contributed by atoms with Crippen LogP contribution in [0.15, 0.2) is 0 Å². The molecule has 1 aliphatic heterocycles. The van der Waals surface area contributed by atoms with Crippen molar-refractivity contribution in [1.82, 2.24) is 5.32 Å². The van der Waals surface area contributed by atoms with Gasteiger partial charge in [-0.25, -0.2) is 0 Å². The van der Waals surface area contributed by atoms with E-state index in [0.717, 1.165) is 25.7 Å². The monoisotopic (exact) mass is 227 g/mol. The van der Waals surface area contributed by atoms with Crippen molar-refractivity contribution in [2.45, 2.75) is 58.3 Å². The topological polar surface area (TPSA) is 21.3 Å². The van der Waals surface area contributed by atoms with Crippen molar-refractivity contribution < 1.29 is 4.74 Å². The molecule has 1 aliphatic rings. The first-order valence-corrected chi connectivity index (χ1v) is 7.22. The molecular formula is C14H29NO. The smallest absolute Gasteiger partial charge is 0.0507 e. The van der Waals surface area contributed by atoms with Crippen molar-refractivity contribution in [2.24, 2.45) is 5.92 Å². The molecule has 16 heavy (non-hydrogen) atoms. The molecule has 96 valence electrons. The molecule has 1 heterocycles. The number of ether oxygens (including phenoxy) is 1. The standard InChI is InChI=1S/C14H29NO/c1-2-3-4-5-6-7-8-10-15-12-14-9-11-16-13-14/h14-15H,2-13H2,1H3. The Morgan fingerprint density at radius 3 is 2.50 bits per heavy atom. The maximum absolute atomic E-state index is 5.35. The largest absolute Gasteiger partial charge is 0.381 e. The third-order valence-electron chi connectivity index (χ3n) is 3.41. The summed E-state index contributed by atoms with van der Waals surface area (Å²) in [6.45, 7) is 6.59. The van der Waals surface area contributed by atoms with Crippen LogP contribution in [-0.4, -0.2) is 26.3 Å². The Morgan fingerprint density at radius 1 is 1.06 bits per heavy atom. The highest BCUT2D eigenvalue weighted by molar-refractivity contribution is 4.66. The van der Waals surface area contributed by atoms with E-state index in [-0.39, 0.29) is 0 Å². The van der Waals surface area contributed by atoms with Crippen LogP contribution < -0.4 is 5.32 Å². The summed E-state index contributed by atoms with van der Waals surface area (Å²) in [6.07, 6.45) is 11.1. The zero-order valence-electron chi connectivity index (χ0n) is 11.0. The number of hydrogen-bond acceptors (Lipinski definition) is 2. The van der Waals surface area contributed by atoms with Crippen molar-refractivity contribution in [3.05, 3.63) is 0 Å². The maximum atomic E-state index is 5.35. The Hall–Kier alpha value is -0.0800. The highest BCUT2D eigenvalue weighted by Gasteiger charge is 2.14. The molecule has 0 aromatic carbocycles. The third kappa shape index (κ3) is 7.24. The van der Waals surface area contributed by atoms with Crippen LogP contribution in [0.5, 0.6) is 0 Å². The molecule has 2 nitrogen and oxygen atoms in total. The SMILES string of the molecule is CCCCCCCCCNCC1CCOC1. The molecule has 0 saturated carbocycles. The molecule has 0 aliphatic carbocycles. The number of rotatable bonds is 10. The van der Waals surface area contributed by atoms with Crippen LogP contribution in [0, 0.1) is 5.92 Å². The summed E-state index contributed by atoms with van der Waals surface area (Å²) in [5.74, 6) is 0.782. The van der Waals surface area contributed by atoms with Gasteiger partial charge in [-0.1, -0.05) is 45.4 Å². The van der Waals surface area contributed by atoms with Crippen molar-refractivity contribution in [3.63, 3.8) is 0 Å². The van der Waals surface area contributed by atoms with Crippen LogP contribution >= 0.6 is 0 Å². The van der Waals surface area contributed by atoms with Crippen molar-refractivity contribution in [3.8, 4) is 0 Å². The molecule has 1 saturated heterocycles. The van der Waals surface area contributed by atoms with Crippen LogP contribution in [0.4, 0.5) is 0 Å². The Kier molecular flexibility index (Phi) is 8.83. The van der Waals surface area contributed by atoms with Gasteiger partial charge in [0.2, 0.25) is 0 Å². The zero-order chi connectivity index (χ0) is 11.5. The molecule has 1 atom stereocenters. The number of unbranched alkanes of at least 4 members (excludes halogenated alkanes) is 6. The minimum Gasteiger partial charge on any atom is -0.381 e. The van der Waals surface area contributed by atoms with Crippen molar-refractivity contribution in [1.29, 1.82) is 0 Å². The van der Waals surface area contributed by atoms with Gasteiger partial charge in [0.25, 0.3) is 0 Å². The summed E-state index contributed by atoms with van der Waals surface area (Å²) in [7, 11) is 0. The fraction of sp³-hybridized carbons (Fsp3) is 1.00. The van der Waals surface area contributed by atoms with E-state index in [1.165, 1.54) is 57.9 Å². The minimum absolute atomic E-state index is 0.782. The Bertz CT molecular complexity index is 144. The second kappa shape index (κ2) is 10.1. The summed E-state index contributed by atoms with van der Waals surface area (Å²) >= 11 is 0. The first kappa shape index (κ1) is 14.0. The van der Waals surface area contributed by atoms with Crippen LogP contribution in [-0.2, 0) is 4.74 Å². The second-order valence-corrected chi connectivity index (χ2v) is 5.06. The maximum Gasteiger partial charge on any atom is 0.0507 e. The van der Waals surface area contributed by atoms with Gasteiger partial charge in [-0.2, -0.15) is 0 Å². The van der Waals surface area contributed by atoms with Gasteiger partial charge in [0, 0.05) is 13.2 Å². The number of hydrogen-bond donors (Lipinski definition) is 1. The van der Waals surface area contributed by atoms with E-state index in [1.807, 2.05) is 0 Å². The third-order valence-corrected chi connectivity index (χ3v) is 3.41. The lowest BCUT2D eigenvalue weighted by molar-refractivity contribution is 0.185. The van der Waals surface area contributed by atoms with Gasteiger partial charge in [0.1, 0.15) is 0 Å². The normalized spacial score (nSPS) is 20.4. The van der Waals surface area contributed by atoms with Crippen LogP contribution in [0.3, 0.4) is 0 Å². The predicted molar refractivity (Wildman–Crippen MR) is 69.8 cm³/mol. The molecular weight excluding hydrogens is 198 g/mol. The molecule has 1 fully saturated rings. The van der Waals surface area contributed by atoms with Gasteiger partial charge in [-0.05, 0) is 25.3 Å². The van der Waals surface area contributed by atoms with E-state index in [9.17, 15) is 0 Å². The average molecular weight is 227 g/mol. The molecule has 0 aromatic heterocycles. The molecule has 1 N–H and O–H groups in total. The number of nitrogens with one attached hydrogen (secondary N) is 1. The van der Waals surface area contributed by atoms with Crippen molar-refractivity contribution in [2.75, 3.05) is 26.3 Å². The average Bonchev–Trinajstić information content (AvgIpc) is 2.80. The molecule has 1 unspecified atom stereocenters. The zero-order valence-corrected chi connectivity index (χ0v) is 11.0. The van der Waals surface area contributed by atoms with Gasteiger partial charge in [-0.3, -0.25) is 0 Å². The first-order valence-electron chi connectivity index (χ1n) is 7.22. The van der Waals surface area contributed by atoms with Gasteiger partial charge in [0.15, 0.2) is 0 Å². The van der Waals surface area contributed by atoms with E-state index in [1.54, 1.807) is 0 Å². The van der Waals surface area contributed by atoms with E-state index in [4.69, 9.17) is 4.74 Å². The van der Waals surface area contributed by atoms with Crippen molar-refractivity contribution >= 4 is 0 Å². The van der Waals surface area contributed by atoms with Gasteiger partial charge >= 0.3 is 0 Å². The molecule has 0 aromatic rings. The fourth-order valence-corrected chi connectivity index (χ4v) is 2.26. The summed E-state index contributed by atoms with van der Waals surface area (Å²) < 4.78 is 5.35. The molecule has 0 bridgehead atoms. The van der Waals surface area contributed by atoms with Gasteiger partial charge in [0.05, 0.1) is 6.61 Å². The summed E-state index contributed by atoms with van der Waals surface area (Å²) in [5.41, 5.74) is 0. The first-order chi connectivity index (χ1) is 7.93. The molecule has 0 radical (unpaired) electrons. The fourth-order valence-electron chi connectivity index (χ4n) is 2.26. The quantitative estimate of drug-likeness (QED) is 0.578. The summed E-state index contributed by atoms with van der Waals surface area (Å²) in [4.78, 5) is 0. The Balaban J connectivity index is 1.71. The van der Waals surface area contributed by atoms with Gasteiger partial charge in [-0.15, -0.1) is 0 Å². The van der Waals surface area contributed by atoms with E-state index in [2.05, 4.69) is 12.2 Å². The molecule has 2 heteroatoms. The van der Waals surface area contributed by atoms with Crippen LogP contribution in [0.1, 0.15) is 58.3 Å². The van der Waals surface area contributed by atoms with E-state index >= 15 is 0 Å². The summed E-state index contributed by atoms with van der Waals surface area (Å²) in [6, 6.07) is 0. The van der Waals surface area contributed by atoms with Crippen LogP contribution in [0.2, 0.25) is 0 Å². The molecule has 0 amide bonds. The van der Waals surface area contributed by atoms with E-state index < -0.39 is 0 Å². The molecule has 1 rings (SSSR count). The highest BCUT2D eigenvalue weighted by atomic mass is 16.5. The Labute approximate surface area is 101 Å². The Morgan fingerprint density at radius 2 is 1.81 bits per heavy atom. The second-order valence-electron chi connectivity index (χ2n) is 5.06.